The molecule has 3 aromatic rings. The molecule has 1 spiro atoms. The van der Waals surface area contributed by atoms with Crippen LogP contribution in [0.25, 0.3) is 0 Å². The number of nitrogen functional groups attached to an aromatic ring is 2. The van der Waals surface area contributed by atoms with Gasteiger partial charge in [0.15, 0.2) is 11.6 Å². The SMILES string of the molecule is CNC(=O)C#Cc1ccc2c(c1)[C@@H](N)C1(CCN(c3nc(N)c(Sc4ccnc(N)n4)nc3C)CC1)C2. The van der Waals surface area contributed by atoms with E-state index in [0.717, 1.165) is 55.0 Å². The zero-order valence-electron chi connectivity index (χ0n) is 20.8. The number of benzene rings is 1. The van der Waals surface area contributed by atoms with Gasteiger partial charge in [-0.2, -0.15) is 0 Å². The van der Waals surface area contributed by atoms with Gasteiger partial charge in [-0.3, -0.25) is 4.79 Å². The van der Waals surface area contributed by atoms with Crippen LogP contribution in [0.5, 0.6) is 0 Å². The Labute approximate surface area is 219 Å². The molecule has 1 saturated heterocycles. The third-order valence-corrected chi connectivity index (χ3v) is 8.11. The van der Waals surface area contributed by atoms with Crippen LogP contribution in [-0.4, -0.2) is 46.0 Å². The molecule has 0 saturated carbocycles. The average Bonchev–Trinajstić information content (AvgIpc) is 3.15. The Morgan fingerprint density at radius 1 is 1.19 bits per heavy atom. The molecule has 5 rings (SSSR count). The lowest BCUT2D eigenvalue weighted by molar-refractivity contribution is -0.115. The van der Waals surface area contributed by atoms with E-state index in [1.807, 2.05) is 19.1 Å². The fraction of sp³-hybridized carbons (Fsp3) is 0.346. The molecule has 1 aromatic carbocycles. The molecule has 1 aliphatic heterocycles. The highest BCUT2D eigenvalue weighted by Crippen LogP contribution is 2.51. The summed E-state index contributed by atoms with van der Waals surface area (Å²) in [6.45, 7) is 3.58. The molecular formula is C26H29N9OS. The second-order valence-corrected chi connectivity index (χ2v) is 10.4. The van der Waals surface area contributed by atoms with Crippen LogP contribution in [0.4, 0.5) is 17.6 Å². The molecule has 1 amide bonds. The number of amides is 1. The zero-order chi connectivity index (χ0) is 26.2. The van der Waals surface area contributed by atoms with Gasteiger partial charge in [-0.1, -0.05) is 12.0 Å². The quantitative estimate of drug-likeness (QED) is 0.299. The van der Waals surface area contributed by atoms with Gasteiger partial charge in [0.05, 0.1) is 5.69 Å². The number of aryl methyl sites for hydroxylation is 1. The van der Waals surface area contributed by atoms with Crippen molar-refractivity contribution in [3.8, 4) is 11.8 Å². The molecule has 1 atom stereocenters. The lowest BCUT2D eigenvalue weighted by atomic mass is 9.73. The minimum absolute atomic E-state index is 0.0126. The number of anilines is 3. The normalized spacial score (nSPS) is 17.7. The minimum Gasteiger partial charge on any atom is -0.381 e. The van der Waals surface area contributed by atoms with Crippen LogP contribution < -0.4 is 27.4 Å². The maximum Gasteiger partial charge on any atom is 0.295 e. The van der Waals surface area contributed by atoms with Crippen LogP contribution in [0.1, 0.15) is 41.3 Å². The summed E-state index contributed by atoms with van der Waals surface area (Å²) in [5.74, 6) is 6.58. The highest BCUT2D eigenvalue weighted by molar-refractivity contribution is 7.99. The molecule has 7 N–H and O–H groups in total. The Bertz CT molecular complexity index is 1420. The van der Waals surface area contributed by atoms with Crippen molar-refractivity contribution in [2.45, 2.75) is 42.3 Å². The maximum absolute atomic E-state index is 11.5. The summed E-state index contributed by atoms with van der Waals surface area (Å²) in [7, 11) is 1.57. The number of carbonyl (C=O) groups excluding carboxylic acids is 1. The minimum atomic E-state index is -0.307. The van der Waals surface area contributed by atoms with Gasteiger partial charge in [0, 0.05) is 43.9 Å². The van der Waals surface area contributed by atoms with Crippen molar-refractivity contribution in [2.75, 3.05) is 36.5 Å². The Hall–Kier alpha value is -3.88. The van der Waals surface area contributed by atoms with E-state index in [9.17, 15) is 4.79 Å². The van der Waals surface area contributed by atoms with Crippen molar-refractivity contribution < 1.29 is 4.79 Å². The molecule has 190 valence electrons. The number of hydrogen-bond acceptors (Lipinski definition) is 10. The van der Waals surface area contributed by atoms with Crippen molar-refractivity contribution in [1.82, 2.24) is 25.3 Å². The largest absolute Gasteiger partial charge is 0.381 e. The van der Waals surface area contributed by atoms with E-state index in [4.69, 9.17) is 27.2 Å². The molecule has 2 aromatic heterocycles. The Morgan fingerprint density at radius 3 is 2.70 bits per heavy atom. The highest BCUT2D eigenvalue weighted by atomic mass is 32.2. The molecule has 0 radical (unpaired) electrons. The summed E-state index contributed by atoms with van der Waals surface area (Å²) in [5, 5.41) is 3.77. The summed E-state index contributed by atoms with van der Waals surface area (Å²) in [6, 6.07) is 7.78. The summed E-state index contributed by atoms with van der Waals surface area (Å²) in [4.78, 5) is 31.3. The van der Waals surface area contributed by atoms with Gasteiger partial charge in [0.2, 0.25) is 5.95 Å². The Kier molecular flexibility index (Phi) is 6.62. The van der Waals surface area contributed by atoms with Gasteiger partial charge < -0.3 is 27.4 Å². The standard InChI is InChI=1S/C26H29N9OS/c1-15-23(34-22(28)24(32-15)37-20-7-10-31-25(29)33-20)35-11-8-26(9-12-35)14-17-5-3-16(4-6-19(36)30-2)13-18(17)21(26)27/h3,5,7,10,13,21H,8-9,11-12,14,27H2,1-2H3,(H2,28,34)(H,30,36)(H2,29,31,33)/t21-/m1/s1. The first-order valence-corrected chi connectivity index (χ1v) is 12.9. The number of nitrogens with one attached hydrogen (secondary N) is 1. The fourth-order valence-corrected chi connectivity index (χ4v) is 5.97. The van der Waals surface area contributed by atoms with Crippen molar-refractivity contribution in [2.24, 2.45) is 11.1 Å². The summed E-state index contributed by atoms with van der Waals surface area (Å²) >= 11 is 1.32. The number of nitrogens with two attached hydrogens (primary N) is 3. The number of nitrogens with zero attached hydrogens (tertiary/aromatic N) is 5. The van der Waals surface area contributed by atoms with Crippen LogP contribution in [0, 0.1) is 24.2 Å². The van der Waals surface area contributed by atoms with Crippen molar-refractivity contribution >= 4 is 35.3 Å². The summed E-state index contributed by atoms with van der Waals surface area (Å²) in [6.07, 6.45) is 4.40. The van der Waals surface area contributed by atoms with Crippen LogP contribution in [-0.2, 0) is 11.2 Å². The molecule has 11 heteroatoms. The first-order valence-electron chi connectivity index (χ1n) is 12.1. The molecule has 0 bridgehead atoms. The van der Waals surface area contributed by atoms with Gasteiger partial charge >= 0.3 is 0 Å². The zero-order valence-corrected chi connectivity index (χ0v) is 21.6. The second kappa shape index (κ2) is 9.88. The topological polar surface area (TPSA) is 162 Å². The Morgan fingerprint density at radius 2 is 1.97 bits per heavy atom. The number of carbonyl (C=O) groups is 1. The van der Waals surface area contributed by atoms with E-state index in [1.165, 1.54) is 17.3 Å². The Balaban J connectivity index is 1.29. The first kappa shape index (κ1) is 24.8. The predicted molar refractivity (Wildman–Crippen MR) is 144 cm³/mol. The lowest BCUT2D eigenvalue weighted by Gasteiger charge is -2.42. The van der Waals surface area contributed by atoms with Crippen molar-refractivity contribution in [3.63, 3.8) is 0 Å². The van der Waals surface area contributed by atoms with Gasteiger partial charge in [0.25, 0.3) is 5.91 Å². The van der Waals surface area contributed by atoms with E-state index in [-0.39, 0.29) is 23.3 Å². The molecule has 0 unspecified atom stereocenters. The predicted octanol–water partition coefficient (Wildman–Crippen LogP) is 1.83. The van der Waals surface area contributed by atoms with E-state index >= 15 is 0 Å². The maximum atomic E-state index is 11.5. The van der Waals surface area contributed by atoms with Crippen LogP contribution in [0.2, 0.25) is 0 Å². The van der Waals surface area contributed by atoms with Gasteiger partial charge in [-0.15, -0.1) is 0 Å². The fourth-order valence-electron chi connectivity index (χ4n) is 5.17. The monoisotopic (exact) mass is 515 g/mol. The third kappa shape index (κ3) is 4.90. The third-order valence-electron chi connectivity index (χ3n) is 7.18. The van der Waals surface area contributed by atoms with Crippen molar-refractivity contribution in [3.05, 3.63) is 52.8 Å². The molecule has 10 nitrogen and oxygen atoms in total. The average molecular weight is 516 g/mol. The van der Waals surface area contributed by atoms with Crippen molar-refractivity contribution in [1.29, 1.82) is 0 Å². The van der Waals surface area contributed by atoms with E-state index in [2.05, 4.69) is 38.1 Å². The van der Waals surface area contributed by atoms with Crippen LogP contribution >= 0.6 is 11.8 Å². The second-order valence-electron chi connectivity index (χ2n) is 9.42. The smallest absolute Gasteiger partial charge is 0.295 e. The van der Waals surface area contributed by atoms with E-state index < -0.39 is 0 Å². The number of fused-ring (bicyclic) bond motifs is 1. The van der Waals surface area contributed by atoms with Crippen LogP contribution in [0.15, 0.2) is 40.5 Å². The molecule has 2 aliphatic rings. The molecule has 1 aliphatic carbocycles. The summed E-state index contributed by atoms with van der Waals surface area (Å²) < 4.78 is 0. The molecule has 1 fully saturated rings. The summed E-state index contributed by atoms with van der Waals surface area (Å²) in [5.41, 5.74) is 22.8. The molecule has 3 heterocycles. The number of hydrogen-bond donors (Lipinski definition) is 4. The number of aromatic nitrogens is 4. The lowest BCUT2D eigenvalue weighted by Crippen LogP contribution is -2.45. The highest BCUT2D eigenvalue weighted by Gasteiger charge is 2.46. The molecular weight excluding hydrogens is 486 g/mol. The van der Waals surface area contributed by atoms with E-state index in [1.54, 1.807) is 19.3 Å². The number of rotatable bonds is 3. The van der Waals surface area contributed by atoms with E-state index in [0.29, 0.717) is 15.9 Å². The first-order chi connectivity index (χ1) is 17.8. The van der Waals surface area contributed by atoms with Crippen LogP contribution in [0.3, 0.4) is 0 Å². The van der Waals surface area contributed by atoms with Gasteiger partial charge in [-0.25, -0.2) is 19.9 Å². The van der Waals surface area contributed by atoms with Gasteiger partial charge in [-0.05, 0) is 72.7 Å². The van der Waals surface area contributed by atoms with Gasteiger partial charge in [0.1, 0.15) is 10.1 Å². The number of piperidine rings is 1. The molecule has 37 heavy (non-hydrogen) atoms.